The lowest BCUT2D eigenvalue weighted by molar-refractivity contribution is 0.0685. The molecule has 3 heterocycles. The van der Waals surface area contributed by atoms with Crippen molar-refractivity contribution in [1.29, 1.82) is 0 Å². The number of anilines is 2. The van der Waals surface area contributed by atoms with Gasteiger partial charge in [0.05, 0.1) is 12.5 Å². The number of benzene rings is 2. The van der Waals surface area contributed by atoms with Crippen LogP contribution < -0.4 is 10.0 Å². The molecule has 0 unspecified atom stereocenters. The monoisotopic (exact) mass is 556 g/mol. The van der Waals surface area contributed by atoms with Gasteiger partial charge in [0.2, 0.25) is 10.0 Å². The second-order valence-corrected chi connectivity index (χ2v) is 12.0. The van der Waals surface area contributed by atoms with E-state index >= 15 is 0 Å². The lowest BCUT2D eigenvalue weighted by Crippen LogP contribution is -2.45. The highest BCUT2D eigenvalue weighted by atomic mass is 32.2. The van der Waals surface area contributed by atoms with Gasteiger partial charge < -0.3 is 10.2 Å². The fourth-order valence-corrected chi connectivity index (χ4v) is 6.26. The van der Waals surface area contributed by atoms with Crippen LogP contribution in [-0.2, 0) is 15.4 Å². The van der Waals surface area contributed by atoms with Crippen molar-refractivity contribution in [2.75, 3.05) is 24.7 Å². The standard InChI is InChI=1S/C29H28N6O4S/c1-19-16-20-8-6-7-11-24(20)29(19)12-14-34(15-13-29)28(37)23-17-30-25-22(27(36)33-40(2,38)39)18-31-35(25)26(23)32-21-9-4-3-5-10-21/h3-11,16-18,32H,12-15H2,1-2H3,(H,33,36). The summed E-state index contributed by atoms with van der Waals surface area (Å²) in [7, 11) is -3.79. The van der Waals surface area contributed by atoms with Gasteiger partial charge in [-0.15, -0.1) is 0 Å². The van der Waals surface area contributed by atoms with Crippen LogP contribution in [-0.4, -0.2) is 59.1 Å². The van der Waals surface area contributed by atoms with E-state index in [9.17, 15) is 18.0 Å². The van der Waals surface area contributed by atoms with Crippen molar-refractivity contribution < 1.29 is 18.0 Å². The number of allylic oxidation sites excluding steroid dienone is 1. The highest BCUT2D eigenvalue weighted by molar-refractivity contribution is 7.89. The number of carbonyl (C=O) groups is 2. The molecule has 2 aromatic heterocycles. The molecule has 4 aromatic rings. The summed E-state index contributed by atoms with van der Waals surface area (Å²) in [6.45, 7) is 3.32. The third-order valence-corrected chi connectivity index (χ3v) is 8.38. The Balaban J connectivity index is 1.34. The van der Waals surface area contributed by atoms with Gasteiger partial charge in [-0.25, -0.2) is 18.1 Å². The predicted molar refractivity (Wildman–Crippen MR) is 152 cm³/mol. The minimum absolute atomic E-state index is 0.0254. The number of fused-ring (bicyclic) bond motifs is 3. The first-order chi connectivity index (χ1) is 19.2. The molecule has 1 fully saturated rings. The average molecular weight is 557 g/mol. The third-order valence-electron chi connectivity index (χ3n) is 7.82. The summed E-state index contributed by atoms with van der Waals surface area (Å²) in [4.78, 5) is 32.8. The van der Waals surface area contributed by atoms with Crippen molar-refractivity contribution in [2.24, 2.45) is 0 Å². The molecule has 0 atom stereocenters. The summed E-state index contributed by atoms with van der Waals surface area (Å²) in [6, 6.07) is 17.7. The van der Waals surface area contributed by atoms with Gasteiger partial charge in [-0.1, -0.05) is 54.1 Å². The van der Waals surface area contributed by atoms with Crippen molar-refractivity contribution in [3.05, 3.63) is 94.8 Å². The zero-order valence-corrected chi connectivity index (χ0v) is 22.9. The second kappa shape index (κ2) is 9.60. The van der Waals surface area contributed by atoms with E-state index in [2.05, 4.69) is 52.7 Å². The molecule has 11 heteroatoms. The second-order valence-electron chi connectivity index (χ2n) is 10.3. The van der Waals surface area contributed by atoms with E-state index < -0.39 is 15.9 Å². The Labute approximate surface area is 231 Å². The van der Waals surface area contributed by atoms with Gasteiger partial charge in [0.15, 0.2) is 5.65 Å². The maximum Gasteiger partial charge on any atom is 0.270 e. The van der Waals surface area contributed by atoms with E-state index in [1.165, 1.54) is 33.6 Å². The number of likely N-dealkylation sites (tertiary alicyclic amines) is 1. The number of amides is 2. The minimum Gasteiger partial charge on any atom is -0.339 e. The number of aromatic nitrogens is 3. The van der Waals surface area contributed by atoms with E-state index in [4.69, 9.17) is 0 Å². The van der Waals surface area contributed by atoms with E-state index in [1.54, 1.807) is 0 Å². The first-order valence-electron chi connectivity index (χ1n) is 12.9. The number of piperidine rings is 1. The van der Waals surface area contributed by atoms with Gasteiger partial charge in [0.1, 0.15) is 16.9 Å². The van der Waals surface area contributed by atoms with Crippen LogP contribution in [0.4, 0.5) is 11.5 Å². The molecule has 0 saturated carbocycles. The van der Waals surface area contributed by atoms with Crippen molar-refractivity contribution in [3.8, 4) is 0 Å². The summed E-state index contributed by atoms with van der Waals surface area (Å²) < 4.78 is 26.6. The van der Waals surface area contributed by atoms with Crippen LogP contribution >= 0.6 is 0 Å². The number of para-hydroxylation sites is 1. The Morgan fingerprint density at radius 1 is 0.950 bits per heavy atom. The molecule has 6 rings (SSSR count). The fraction of sp³-hybridized carbons (Fsp3) is 0.241. The van der Waals surface area contributed by atoms with Crippen molar-refractivity contribution in [1.82, 2.24) is 24.2 Å². The van der Waals surface area contributed by atoms with Gasteiger partial charge in [-0.2, -0.15) is 9.61 Å². The van der Waals surface area contributed by atoms with E-state index in [0.29, 0.717) is 30.2 Å². The number of carbonyl (C=O) groups excluding carboxylic acids is 2. The number of sulfonamides is 1. The molecule has 0 radical (unpaired) electrons. The van der Waals surface area contributed by atoms with Crippen LogP contribution in [0.5, 0.6) is 0 Å². The van der Waals surface area contributed by atoms with Gasteiger partial charge in [-0.05, 0) is 43.0 Å². The first-order valence-corrected chi connectivity index (χ1v) is 14.8. The number of rotatable bonds is 5. The van der Waals surface area contributed by atoms with Crippen LogP contribution in [0.1, 0.15) is 51.6 Å². The molecule has 1 saturated heterocycles. The quantitative estimate of drug-likeness (QED) is 0.383. The van der Waals surface area contributed by atoms with Gasteiger partial charge in [0, 0.05) is 30.4 Å². The van der Waals surface area contributed by atoms with Crippen LogP contribution in [0.25, 0.3) is 11.7 Å². The molecule has 1 aliphatic carbocycles. The van der Waals surface area contributed by atoms with Crippen molar-refractivity contribution >= 4 is 45.1 Å². The topological polar surface area (TPSA) is 126 Å². The first kappa shape index (κ1) is 25.8. The van der Waals surface area contributed by atoms with Crippen LogP contribution in [0.2, 0.25) is 0 Å². The van der Waals surface area contributed by atoms with Crippen LogP contribution in [0.3, 0.4) is 0 Å². The molecule has 1 aliphatic heterocycles. The molecular formula is C29H28N6O4S. The normalized spacial score (nSPS) is 16.1. The third kappa shape index (κ3) is 4.41. The minimum atomic E-state index is -3.79. The Kier molecular flexibility index (Phi) is 6.18. The Morgan fingerprint density at radius 3 is 2.38 bits per heavy atom. The van der Waals surface area contributed by atoms with E-state index in [1.807, 2.05) is 40.0 Å². The summed E-state index contributed by atoms with van der Waals surface area (Å²) in [5, 5.41) is 7.56. The lowest BCUT2D eigenvalue weighted by Gasteiger charge is -2.41. The van der Waals surface area contributed by atoms with Crippen LogP contribution in [0.15, 0.2) is 72.6 Å². The molecule has 2 N–H and O–H groups in total. The molecule has 0 bridgehead atoms. The highest BCUT2D eigenvalue weighted by Gasteiger charge is 2.43. The Hall–Kier alpha value is -4.51. The Morgan fingerprint density at radius 2 is 1.65 bits per heavy atom. The van der Waals surface area contributed by atoms with Crippen molar-refractivity contribution in [3.63, 3.8) is 0 Å². The average Bonchev–Trinajstić information content (AvgIpc) is 3.48. The predicted octanol–water partition coefficient (Wildman–Crippen LogP) is 3.75. The summed E-state index contributed by atoms with van der Waals surface area (Å²) in [5.74, 6) is -0.716. The number of hydrogen-bond acceptors (Lipinski definition) is 7. The smallest absolute Gasteiger partial charge is 0.270 e. The SMILES string of the molecule is CC1=Cc2ccccc2C12CCN(C(=O)c1cnc3c(C(=O)NS(C)(=O)=O)cnn3c1Nc1ccccc1)CC2. The zero-order valence-electron chi connectivity index (χ0n) is 22.1. The number of nitrogens with one attached hydrogen (secondary N) is 2. The van der Waals surface area contributed by atoms with Gasteiger partial charge in [-0.3, -0.25) is 9.59 Å². The molecule has 2 aromatic carbocycles. The molecule has 2 amide bonds. The zero-order chi connectivity index (χ0) is 28.1. The maximum absolute atomic E-state index is 13.9. The molecule has 40 heavy (non-hydrogen) atoms. The summed E-state index contributed by atoms with van der Waals surface area (Å²) in [5.41, 5.74) is 4.94. The van der Waals surface area contributed by atoms with Crippen molar-refractivity contribution in [2.45, 2.75) is 25.2 Å². The largest absolute Gasteiger partial charge is 0.339 e. The van der Waals surface area contributed by atoms with Gasteiger partial charge >= 0.3 is 0 Å². The van der Waals surface area contributed by atoms with E-state index in [-0.39, 0.29) is 22.5 Å². The molecular weight excluding hydrogens is 528 g/mol. The summed E-state index contributed by atoms with van der Waals surface area (Å²) >= 11 is 0. The number of hydrogen-bond donors (Lipinski definition) is 2. The fourth-order valence-electron chi connectivity index (χ4n) is 5.82. The lowest BCUT2D eigenvalue weighted by atomic mass is 9.70. The summed E-state index contributed by atoms with van der Waals surface area (Å²) in [6.07, 6.45) is 7.43. The molecule has 10 nitrogen and oxygen atoms in total. The highest BCUT2D eigenvalue weighted by Crippen LogP contribution is 2.48. The van der Waals surface area contributed by atoms with Gasteiger partial charge in [0.25, 0.3) is 11.8 Å². The van der Waals surface area contributed by atoms with Crippen LogP contribution in [0, 0.1) is 0 Å². The Bertz CT molecular complexity index is 1790. The molecule has 2 aliphatic rings. The molecule has 1 spiro atoms. The van der Waals surface area contributed by atoms with E-state index in [0.717, 1.165) is 19.1 Å². The molecule has 204 valence electrons. The number of nitrogens with zero attached hydrogens (tertiary/aromatic N) is 4. The maximum atomic E-state index is 13.9.